The fourth-order valence-electron chi connectivity index (χ4n) is 2.95. The lowest BCUT2D eigenvalue weighted by atomic mass is 9.88. The van der Waals surface area contributed by atoms with Crippen LogP contribution in [-0.2, 0) is 0 Å². The van der Waals surface area contributed by atoms with E-state index in [1.54, 1.807) is 0 Å². The van der Waals surface area contributed by atoms with Crippen LogP contribution in [0.25, 0.3) is 5.57 Å². The minimum absolute atomic E-state index is 0.396. The molecule has 2 aromatic carbocycles. The molecule has 1 atom stereocenters. The molecule has 0 N–H and O–H groups in total. The highest BCUT2D eigenvalue weighted by Gasteiger charge is 2.24. The van der Waals surface area contributed by atoms with Crippen LogP contribution in [0.4, 0.5) is 0 Å². The van der Waals surface area contributed by atoms with Crippen LogP contribution in [-0.4, -0.2) is 0 Å². The van der Waals surface area contributed by atoms with Gasteiger partial charge in [-0.05, 0) is 66.3 Å². The molecule has 1 aliphatic carbocycles. The average Bonchev–Trinajstić information content (AvgIpc) is 2.70. The molecule has 0 radical (unpaired) electrons. The van der Waals surface area contributed by atoms with Crippen molar-refractivity contribution in [2.45, 2.75) is 26.7 Å². The van der Waals surface area contributed by atoms with Crippen molar-refractivity contribution < 1.29 is 0 Å². The lowest BCUT2D eigenvalue weighted by molar-refractivity contribution is 1.02. The Kier molecular flexibility index (Phi) is 3.10. The second kappa shape index (κ2) is 4.64. The fraction of sp³-hybridized carbons (Fsp3) is 0.222. The second-order valence-corrected chi connectivity index (χ2v) is 6.26. The average molecular weight is 313 g/mol. The third-order valence-electron chi connectivity index (χ3n) is 4.17. The zero-order chi connectivity index (χ0) is 13.6. The summed E-state index contributed by atoms with van der Waals surface area (Å²) in [6, 6.07) is 13.2. The first-order valence-corrected chi connectivity index (χ1v) is 7.41. The van der Waals surface area contributed by atoms with E-state index in [9.17, 15) is 0 Å². The molecule has 2 aromatic rings. The van der Waals surface area contributed by atoms with Gasteiger partial charge >= 0.3 is 0 Å². The van der Waals surface area contributed by atoms with Crippen LogP contribution >= 0.6 is 15.9 Å². The SMILES string of the molecule is CC1=CC(c2cccc(C)c2C)c2cc(Br)ccc21. The van der Waals surface area contributed by atoms with E-state index in [4.69, 9.17) is 0 Å². The maximum Gasteiger partial charge on any atom is 0.0284 e. The highest BCUT2D eigenvalue weighted by Crippen LogP contribution is 2.42. The van der Waals surface area contributed by atoms with E-state index in [1.807, 2.05) is 0 Å². The van der Waals surface area contributed by atoms with Gasteiger partial charge in [0, 0.05) is 10.4 Å². The normalized spacial score (nSPS) is 17.3. The summed E-state index contributed by atoms with van der Waals surface area (Å²) >= 11 is 3.59. The smallest absolute Gasteiger partial charge is 0.0284 e. The first-order chi connectivity index (χ1) is 9.08. The second-order valence-electron chi connectivity index (χ2n) is 5.35. The molecule has 0 spiro atoms. The van der Waals surface area contributed by atoms with E-state index in [0.29, 0.717) is 5.92 Å². The van der Waals surface area contributed by atoms with Gasteiger partial charge in [0.2, 0.25) is 0 Å². The maximum absolute atomic E-state index is 3.59. The number of aryl methyl sites for hydroxylation is 1. The molecule has 1 unspecified atom stereocenters. The Morgan fingerprint density at radius 2 is 1.74 bits per heavy atom. The number of hydrogen-bond donors (Lipinski definition) is 0. The Balaban J connectivity index is 2.19. The molecule has 0 fully saturated rings. The molecule has 0 aromatic heterocycles. The third-order valence-corrected chi connectivity index (χ3v) is 4.67. The summed E-state index contributed by atoms with van der Waals surface area (Å²) in [7, 11) is 0. The van der Waals surface area contributed by atoms with Crippen molar-refractivity contribution in [2.24, 2.45) is 0 Å². The van der Waals surface area contributed by atoms with Gasteiger partial charge in [0.15, 0.2) is 0 Å². The van der Waals surface area contributed by atoms with Crippen LogP contribution in [0.3, 0.4) is 0 Å². The van der Waals surface area contributed by atoms with Gasteiger partial charge in [-0.2, -0.15) is 0 Å². The van der Waals surface area contributed by atoms with Crippen LogP contribution in [0.15, 0.2) is 46.9 Å². The van der Waals surface area contributed by atoms with Gasteiger partial charge < -0.3 is 0 Å². The number of halogens is 1. The highest BCUT2D eigenvalue weighted by molar-refractivity contribution is 9.10. The van der Waals surface area contributed by atoms with Gasteiger partial charge in [-0.15, -0.1) is 0 Å². The highest BCUT2D eigenvalue weighted by atomic mass is 79.9. The summed E-state index contributed by atoms with van der Waals surface area (Å²) < 4.78 is 1.16. The zero-order valence-electron chi connectivity index (χ0n) is 11.5. The van der Waals surface area contributed by atoms with Gasteiger partial charge in [-0.3, -0.25) is 0 Å². The maximum atomic E-state index is 3.59. The van der Waals surface area contributed by atoms with Gasteiger partial charge in [0.05, 0.1) is 0 Å². The van der Waals surface area contributed by atoms with E-state index in [1.165, 1.54) is 33.4 Å². The molecular weight excluding hydrogens is 296 g/mol. The largest absolute Gasteiger partial charge is 0.0691 e. The third kappa shape index (κ3) is 2.06. The molecule has 0 heterocycles. The molecule has 1 heteroatoms. The predicted octanol–water partition coefficient (Wildman–Crippen LogP) is 5.61. The van der Waals surface area contributed by atoms with E-state index < -0.39 is 0 Å². The molecule has 0 saturated carbocycles. The molecule has 19 heavy (non-hydrogen) atoms. The van der Waals surface area contributed by atoms with Crippen LogP contribution < -0.4 is 0 Å². The van der Waals surface area contributed by atoms with Crippen LogP contribution in [0, 0.1) is 13.8 Å². The summed E-state index contributed by atoms with van der Waals surface area (Å²) in [6.07, 6.45) is 2.39. The Morgan fingerprint density at radius 1 is 0.947 bits per heavy atom. The molecule has 3 rings (SSSR count). The minimum atomic E-state index is 0.396. The van der Waals surface area contributed by atoms with Crippen LogP contribution in [0.5, 0.6) is 0 Å². The van der Waals surface area contributed by atoms with E-state index in [2.05, 4.69) is 79.2 Å². The molecule has 0 aliphatic heterocycles. The molecular formula is C18H17Br. The predicted molar refractivity (Wildman–Crippen MR) is 85.6 cm³/mol. The Morgan fingerprint density at radius 3 is 2.53 bits per heavy atom. The molecule has 0 amide bonds. The number of hydrogen-bond acceptors (Lipinski definition) is 0. The number of benzene rings is 2. The van der Waals surface area contributed by atoms with Crippen LogP contribution in [0.2, 0.25) is 0 Å². The van der Waals surface area contributed by atoms with Crippen molar-refractivity contribution in [3.05, 3.63) is 74.8 Å². The van der Waals surface area contributed by atoms with Crippen molar-refractivity contribution in [3.8, 4) is 0 Å². The lowest BCUT2D eigenvalue weighted by Crippen LogP contribution is -2.00. The van der Waals surface area contributed by atoms with Crippen molar-refractivity contribution in [1.29, 1.82) is 0 Å². The van der Waals surface area contributed by atoms with Gasteiger partial charge in [-0.25, -0.2) is 0 Å². The van der Waals surface area contributed by atoms with Crippen molar-refractivity contribution in [2.75, 3.05) is 0 Å². The first-order valence-electron chi connectivity index (χ1n) is 6.62. The fourth-order valence-corrected chi connectivity index (χ4v) is 3.33. The van der Waals surface area contributed by atoms with Gasteiger partial charge in [0.1, 0.15) is 0 Å². The number of fused-ring (bicyclic) bond motifs is 1. The summed E-state index contributed by atoms with van der Waals surface area (Å²) in [4.78, 5) is 0. The summed E-state index contributed by atoms with van der Waals surface area (Å²) in [5.74, 6) is 0.396. The summed E-state index contributed by atoms with van der Waals surface area (Å²) in [5, 5.41) is 0. The number of allylic oxidation sites excluding steroid dienone is 2. The minimum Gasteiger partial charge on any atom is -0.0691 e. The van der Waals surface area contributed by atoms with E-state index >= 15 is 0 Å². The molecule has 0 nitrogen and oxygen atoms in total. The Labute approximate surface area is 123 Å². The van der Waals surface area contributed by atoms with Gasteiger partial charge in [0.25, 0.3) is 0 Å². The molecule has 0 bridgehead atoms. The van der Waals surface area contributed by atoms with E-state index in [-0.39, 0.29) is 0 Å². The standard InChI is InChI=1S/C18H17Br/c1-11-5-4-6-16(13(11)3)17-9-12(2)15-8-7-14(19)10-18(15)17/h4-10,17H,1-3H3. The monoisotopic (exact) mass is 312 g/mol. The molecule has 1 aliphatic rings. The number of rotatable bonds is 1. The molecule has 96 valence electrons. The van der Waals surface area contributed by atoms with Crippen LogP contribution in [0.1, 0.15) is 40.7 Å². The molecule has 0 saturated heterocycles. The quantitative estimate of drug-likeness (QED) is 0.641. The van der Waals surface area contributed by atoms with Crippen molar-refractivity contribution in [1.82, 2.24) is 0 Å². The van der Waals surface area contributed by atoms with Crippen molar-refractivity contribution >= 4 is 21.5 Å². The zero-order valence-corrected chi connectivity index (χ0v) is 13.1. The Hall–Kier alpha value is -1.34. The lowest BCUT2D eigenvalue weighted by Gasteiger charge is -2.16. The van der Waals surface area contributed by atoms with Gasteiger partial charge in [-0.1, -0.05) is 46.3 Å². The summed E-state index contributed by atoms with van der Waals surface area (Å²) in [5.41, 5.74) is 8.38. The Bertz CT molecular complexity index is 680. The van der Waals surface area contributed by atoms with E-state index in [0.717, 1.165) is 4.47 Å². The first kappa shape index (κ1) is 12.7. The topological polar surface area (TPSA) is 0 Å². The summed E-state index contributed by atoms with van der Waals surface area (Å²) in [6.45, 7) is 6.62. The van der Waals surface area contributed by atoms with Crippen molar-refractivity contribution in [3.63, 3.8) is 0 Å².